The highest BCUT2D eigenvalue weighted by Crippen LogP contribution is 2.49. The molecule has 1 aliphatic carbocycles. The van der Waals surface area contributed by atoms with Crippen molar-refractivity contribution in [3.8, 4) is 6.07 Å². The zero-order valence-corrected chi connectivity index (χ0v) is 19.0. The summed E-state index contributed by atoms with van der Waals surface area (Å²) >= 11 is 13.9. The lowest BCUT2D eigenvalue weighted by molar-refractivity contribution is 0.0730. The Bertz CT molecular complexity index is 1060. The Labute approximate surface area is 189 Å². The fourth-order valence-electron chi connectivity index (χ4n) is 4.01. The minimum absolute atomic E-state index is 0.00431. The summed E-state index contributed by atoms with van der Waals surface area (Å²) in [5.74, 6) is -0.404. The highest BCUT2D eigenvalue weighted by atomic mass is 35.5. The number of nitrogens with one attached hydrogen (secondary N) is 1. The van der Waals surface area contributed by atoms with Crippen molar-refractivity contribution < 1.29 is 17.9 Å². The molecule has 4 rings (SSSR count). The number of morpholine rings is 1. The predicted molar refractivity (Wildman–Crippen MR) is 115 cm³/mol. The fourth-order valence-corrected chi connectivity index (χ4v) is 7.75. The van der Waals surface area contributed by atoms with Gasteiger partial charge in [0.05, 0.1) is 45.5 Å². The van der Waals surface area contributed by atoms with E-state index in [2.05, 4.69) is 11.4 Å². The van der Waals surface area contributed by atoms with Gasteiger partial charge in [-0.3, -0.25) is 4.79 Å². The maximum absolute atomic E-state index is 13.0. The number of sulfonamides is 1. The number of allylic oxidation sites excluding steroid dienone is 1. The molecule has 3 aliphatic rings. The van der Waals surface area contributed by atoms with Gasteiger partial charge in [0.15, 0.2) is 0 Å². The number of fused-ring (bicyclic) bond motifs is 1. The second-order valence-electron chi connectivity index (χ2n) is 7.28. The highest BCUT2D eigenvalue weighted by Gasteiger charge is 2.40. The first-order chi connectivity index (χ1) is 14.3. The van der Waals surface area contributed by atoms with Crippen LogP contribution in [0.5, 0.6) is 0 Å². The SMILES string of the molecule is N#CC1=C(NC(=O)c2cc(S(=O)(=O)N3CCOCC3)c(Cl)cc2Cl)SC2CCCC12. The normalized spacial score (nSPS) is 24.6. The van der Waals surface area contributed by atoms with Gasteiger partial charge in [0.2, 0.25) is 10.0 Å². The third-order valence-corrected chi connectivity index (χ3v) is 9.64. The number of carbonyl (C=O) groups is 1. The fraction of sp³-hybridized carbons (Fsp3) is 0.474. The van der Waals surface area contributed by atoms with Gasteiger partial charge in [-0.25, -0.2) is 8.42 Å². The zero-order valence-electron chi connectivity index (χ0n) is 15.9. The number of hydrogen-bond donors (Lipinski definition) is 1. The molecule has 0 bridgehead atoms. The number of rotatable bonds is 4. The van der Waals surface area contributed by atoms with Crippen molar-refractivity contribution in [2.75, 3.05) is 26.3 Å². The Kier molecular flexibility index (Phi) is 6.35. The second-order valence-corrected chi connectivity index (χ2v) is 11.3. The Hall–Kier alpha value is -1.28. The minimum Gasteiger partial charge on any atom is -0.379 e. The Morgan fingerprint density at radius 1 is 1.23 bits per heavy atom. The topological polar surface area (TPSA) is 99.5 Å². The van der Waals surface area contributed by atoms with E-state index >= 15 is 0 Å². The molecule has 1 N–H and O–H groups in total. The summed E-state index contributed by atoms with van der Waals surface area (Å²) in [6.07, 6.45) is 3.01. The smallest absolute Gasteiger partial charge is 0.257 e. The molecule has 0 aromatic heterocycles. The van der Waals surface area contributed by atoms with Crippen LogP contribution in [0, 0.1) is 17.2 Å². The molecule has 1 saturated heterocycles. The van der Waals surface area contributed by atoms with Gasteiger partial charge in [-0.2, -0.15) is 9.57 Å². The quantitative estimate of drug-likeness (QED) is 0.698. The number of carbonyl (C=O) groups excluding carboxylic acids is 1. The van der Waals surface area contributed by atoms with Gasteiger partial charge in [0.25, 0.3) is 5.91 Å². The standard InChI is InChI=1S/C19H19Cl2N3O4S2/c20-14-9-15(21)17(30(26,27)24-4-6-28-7-5-24)8-12(14)18(25)23-19-13(10-22)11-2-1-3-16(11)29-19/h8-9,11,16H,1-7H2,(H,23,25). The molecular formula is C19H19Cl2N3O4S2. The molecular weight excluding hydrogens is 469 g/mol. The molecule has 2 heterocycles. The summed E-state index contributed by atoms with van der Waals surface area (Å²) in [5.41, 5.74) is 0.581. The van der Waals surface area contributed by atoms with Crippen LogP contribution >= 0.6 is 35.0 Å². The van der Waals surface area contributed by atoms with Crippen molar-refractivity contribution >= 4 is 50.9 Å². The number of thioether (sulfide) groups is 1. The monoisotopic (exact) mass is 487 g/mol. The van der Waals surface area contributed by atoms with Gasteiger partial charge in [-0.1, -0.05) is 29.6 Å². The first-order valence-corrected chi connectivity index (χ1v) is 12.6. The van der Waals surface area contributed by atoms with Crippen molar-refractivity contribution in [3.05, 3.63) is 38.3 Å². The van der Waals surface area contributed by atoms with Crippen molar-refractivity contribution in [1.82, 2.24) is 9.62 Å². The molecule has 2 atom stereocenters. The van der Waals surface area contributed by atoms with E-state index in [0.29, 0.717) is 29.1 Å². The number of nitrogens with zero attached hydrogens (tertiary/aromatic N) is 2. The third-order valence-electron chi connectivity index (χ3n) is 5.54. The average molecular weight is 488 g/mol. The van der Waals surface area contributed by atoms with Crippen LogP contribution in [0.1, 0.15) is 29.6 Å². The second kappa shape index (κ2) is 8.69. The van der Waals surface area contributed by atoms with Crippen molar-refractivity contribution in [2.24, 2.45) is 5.92 Å². The molecule has 1 aromatic carbocycles. The lowest BCUT2D eigenvalue weighted by atomic mass is 9.99. The maximum atomic E-state index is 13.0. The highest BCUT2D eigenvalue weighted by molar-refractivity contribution is 8.04. The van der Waals surface area contributed by atoms with Crippen LogP contribution in [0.15, 0.2) is 27.6 Å². The van der Waals surface area contributed by atoms with E-state index < -0.39 is 15.9 Å². The van der Waals surface area contributed by atoms with Crippen molar-refractivity contribution in [3.63, 3.8) is 0 Å². The van der Waals surface area contributed by atoms with Crippen LogP contribution < -0.4 is 5.32 Å². The number of nitriles is 1. The number of hydrogen-bond acceptors (Lipinski definition) is 6. The third kappa shape index (κ3) is 3.97. The van der Waals surface area contributed by atoms with Crippen LogP contribution in [-0.2, 0) is 14.8 Å². The molecule has 0 radical (unpaired) electrons. The summed E-state index contributed by atoms with van der Waals surface area (Å²) in [7, 11) is -3.91. The van der Waals surface area contributed by atoms with E-state index in [1.165, 1.54) is 28.2 Å². The number of benzene rings is 1. The van der Waals surface area contributed by atoms with Crippen LogP contribution in [0.4, 0.5) is 0 Å². The number of halogens is 2. The lowest BCUT2D eigenvalue weighted by Crippen LogP contribution is -2.40. The van der Waals surface area contributed by atoms with Crippen molar-refractivity contribution in [1.29, 1.82) is 5.26 Å². The van der Waals surface area contributed by atoms with Gasteiger partial charge >= 0.3 is 0 Å². The van der Waals surface area contributed by atoms with E-state index in [1.54, 1.807) is 0 Å². The summed E-state index contributed by atoms with van der Waals surface area (Å²) in [6, 6.07) is 4.69. The van der Waals surface area contributed by atoms with Gasteiger partial charge in [-0.15, -0.1) is 11.8 Å². The van der Waals surface area contributed by atoms with Gasteiger partial charge in [-0.05, 0) is 25.0 Å². The first kappa shape index (κ1) is 21.9. The Morgan fingerprint density at radius 2 is 1.97 bits per heavy atom. The molecule has 30 heavy (non-hydrogen) atoms. The van der Waals surface area contributed by atoms with E-state index in [1.807, 2.05) is 0 Å². The molecule has 1 saturated carbocycles. The molecule has 2 fully saturated rings. The van der Waals surface area contributed by atoms with Crippen LogP contribution in [-0.4, -0.2) is 50.2 Å². The van der Waals surface area contributed by atoms with Gasteiger partial charge in [0.1, 0.15) is 4.90 Å². The largest absolute Gasteiger partial charge is 0.379 e. The molecule has 0 spiro atoms. The van der Waals surface area contributed by atoms with Crippen molar-refractivity contribution in [2.45, 2.75) is 29.4 Å². The number of ether oxygens (including phenoxy) is 1. The zero-order chi connectivity index (χ0) is 21.5. The Balaban J connectivity index is 1.64. The van der Waals surface area contributed by atoms with E-state index in [4.69, 9.17) is 27.9 Å². The van der Waals surface area contributed by atoms with Gasteiger partial charge < -0.3 is 10.1 Å². The Morgan fingerprint density at radius 3 is 2.67 bits per heavy atom. The summed E-state index contributed by atoms with van der Waals surface area (Å²) in [4.78, 5) is 12.8. The summed E-state index contributed by atoms with van der Waals surface area (Å²) in [5, 5.41) is 13.1. The van der Waals surface area contributed by atoms with Crippen LogP contribution in [0.25, 0.3) is 0 Å². The minimum atomic E-state index is -3.91. The average Bonchev–Trinajstić information content (AvgIpc) is 3.29. The molecule has 160 valence electrons. The molecule has 11 heteroatoms. The van der Waals surface area contributed by atoms with Crippen LogP contribution in [0.3, 0.4) is 0 Å². The van der Waals surface area contributed by atoms with E-state index in [0.717, 1.165) is 19.3 Å². The van der Waals surface area contributed by atoms with E-state index in [9.17, 15) is 18.5 Å². The maximum Gasteiger partial charge on any atom is 0.257 e. The predicted octanol–water partition coefficient (Wildman–Crippen LogP) is 3.39. The molecule has 7 nitrogen and oxygen atoms in total. The molecule has 2 unspecified atom stereocenters. The molecule has 1 amide bonds. The van der Waals surface area contributed by atoms with Gasteiger partial charge in [0, 0.05) is 24.3 Å². The van der Waals surface area contributed by atoms with Crippen LogP contribution in [0.2, 0.25) is 10.0 Å². The molecule has 1 aromatic rings. The first-order valence-electron chi connectivity index (χ1n) is 9.52. The summed E-state index contributed by atoms with van der Waals surface area (Å²) < 4.78 is 32.5. The molecule has 2 aliphatic heterocycles. The summed E-state index contributed by atoms with van der Waals surface area (Å²) in [6.45, 7) is 1.01. The van der Waals surface area contributed by atoms with E-state index in [-0.39, 0.29) is 39.5 Å². The lowest BCUT2D eigenvalue weighted by Gasteiger charge is -2.26. The number of amides is 1.